The molecule has 178 valence electrons. The quantitative estimate of drug-likeness (QED) is 0.571. The van der Waals surface area contributed by atoms with Gasteiger partial charge >= 0.3 is 0 Å². The molecule has 0 unspecified atom stereocenters. The number of fused-ring (bicyclic) bond motifs is 2. The molecule has 1 fully saturated rings. The number of aromatic nitrogens is 2. The van der Waals surface area contributed by atoms with Crippen molar-refractivity contribution in [2.24, 2.45) is 5.92 Å². The van der Waals surface area contributed by atoms with Gasteiger partial charge in [-0.2, -0.15) is 0 Å². The van der Waals surface area contributed by atoms with Gasteiger partial charge in [0.2, 0.25) is 11.8 Å². The first kappa shape index (κ1) is 22.4. The summed E-state index contributed by atoms with van der Waals surface area (Å²) in [5.41, 5.74) is 2.56. The summed E-state index contributed by atoms with van der Waals surface area (Å²) in [7, 11) is 1.59. The fourth-order valence-electron chi connectivity index (χ4n) is 4.78. The molecule has 0 radical (unpaired) electrons. The minimum Gasteiger partial charge on any atom is -0.486 e. The van der Waals surface area contributed by atoms with Crippen LogP contribution in [0.15, 0.2) is 42.6 Å². The fourth-order valence-corrected chi connectivity index (χ4v) is 4.78. The van der Waals surface area contributed by atoms with E-state index in [0.29, 0.717) is 74.8 Å². The summed E-state index contributed by atoms with van der Waals surface area (Å²) in [4.78, 5) is 21.8. The van der Waals surface area contributed by atoms with Gasteiger partial charge in [0, 0.05) is 29.9 Å². The van der Waals surface area contributed by atoms with E-state index in [0.717, 1.165) is 16.6 Å². The minimum absolute atomic E-state index is 0.0184. The van der Waals surface area contributed by atoms with Crippen LogP contribution in [0.3, 0.4) is 0 Å². The van der Waals surface area contributed by atoms with Gasteiger partial charge in [0.25, 0.3) is 0 Å². The standard InChI is InChI=1S/C26H29N3O5/c1-32-23-5-3-20-24(29-23)17(9-13-27-20)6-10-26(31)11-7-18(8-12-26)25(30)28-19-2-4-21-22(16-19)34-15-14-33-21/h2-5,9,13,16,18,31H,6-8,10-12,14-15H2,1H3,(H,28,30). The monoisotopic (exact) mass is 463 g/mol. The van der Waals surface area contributed by atoms with Crippen molar-refractivity contribution >= 4 is 22.6 Å². The predicted molar refractivity (Wildman–Crippen MR) is 127 cm³/mol. The number of amides is 1. The Kier molecular flexibility index (Phi) is 6.24. The van der Waals surface area contributed by atoms with Crippen molar-refractivity contribution in [2.45, 2.75) is 44.1 Å². The molecular formula is C26H29N3O5. The van der Waals surface area contributed by atoms with Crippen molar-refractivity contribution in [3.8, 4) is 17.4 Å². The lowest BCUT2D eigenvalue weighted by Gasteiger charge is -2.35. The molecule has 3 aromatic rings. The number of nitrogens with one attached hydrogen (secondary N) is 1. The molecular weight excluding hydrogens is 434 g/mol. The molecule has 34 heavy (non-hydrogen) atoms. The number of nitrogens with zero attached hydrogens (tertiary/aromatic N) is 2. The Morgan fingerprint density at radius 1 is 1.15 bits per heavy atom. The number of ether oxygens (including phenoxy) is 3. The Balaban J connectivity index is 1.18. The van der Waals surface area contributed by atoms with Crippen LogP contribution in [0.25, 0.3) is 11.0 Å². The van der Waals surface area contributed by atoms with E-state index in [-0.39, 0.29) is 11.8 Å². The van der Waals surface area contributed by atoms with Gasteiger partial charge in [0.15, 0.2) is 11.5 Å². The van der Waals surface area contributed by atoms with Gasteiger partial charge in [-0.3, -0.25) is 9.78 Å². The van der Waals surface area contributed by atoms with E-state index in [1.54, 1.807) is 25.4 Å². The Morgan fingerprint density at radius 2 is 1.94 bits per heavy atom. The van der Waals surface area contributed by atoms with Crippen molar-refractivity contribution in [1.29, 1.82) is 0 Å². The van der Waals surface area contributed by atoms with Gasteiger partial charge in [-0.1, -0.05) is 0 Å². The van der Waals surface area contributed by atoms with E-state index in [1.807, 2.05) is 24.3 Å². The van der Waals surface area contributed by atoms with Gasteiger partial charge in [0.1, 0.15) is 13.2 Å². The van der Waals surface area contributed by atoms with Crippen LogP contribution in [0.5, 0.6) is 17.4 Å². The second-order valence-electron chi connectivity index (χ2n) is 9.04. The first-order valence-corrected chi connectivity index (χ1v) is 11.7. The zero-order chi connectivity index (χ0) is 23.5. The number of rotatable bonds is 6. The highest BCUT2D eigenvalue weighted by molar-refractivity contribution is 5.93. The second kappa shape index (κ2) is 9.46. The van der Waals surface area contributed by atoms with Crippen LogP contribution >= 0.6 is 0 Å². The zero-order valence-electron chi connectivity index (χ0n) is 19.3. The number of aliphatic hydroxyl groups is 1. The third-order valence-electron chi connectivity index (χ3n) is 6.81. The lowest BCUT2D eigenvalue weighted by atomic mass is 9.76. The molecule has 1 aromatic carbocycles. The van der Waals surface area contributed by atoms with Gasteiger partial charge in [0.05, 0.1) is 23.7 Å². The number of methoxy groups -OCH3 is 1. The van der Waals surface area contributed by atoms with Gasteiger partial charge < -0.3 is 24.6 Å². The highest BCUT2D eigenvalue weighted by Crippen LogP contribution is 2.37. The second-order valence-corrected chi connectivity index (χ2v) is 9.04. The Bertz CT molecular complexity index is 1190. The molecule has 0 saturated heterocycles. The molecule has 8 nitrogen and oxygen atoms in total. The number of benzene rings is 1. The summed E-state index contributed by atoms with van der Waals surface area (Å²) in [6.45, 7) is 1.04. The molecule has 8 heteroatoms. The Morgan fingerprint density at radius 3 is 2.74 bits per heavy atom. The maximum absolute atomic E-state index is 12.8. The van der Waals surface area contributed by atoms with Crippen LogP contribution in [-0.4, -0.2) is 46.9 Å². The molecule has 2 aromatic heterocycles. The van der Waals surface area contributed by atoms with E-state index in [1.165, 1.54) is 0 Å². The molecule has 1 aliphatic carbocycles. The molecule has 0 bridgehead atoms. The number of carbonyl (C=O) groups is 1. The largest absolute Gasteiger partial charge is 0.486 e. The number of pyridine rings is 2. The first-order chi connectivity index (χ1) is 16.5. The molecule has 2 N–H and O–H groups in total. The molecule has 1 aliphatic heterocycles. The maximum atomic E-state index is 12.8. The summed E-state index contributed by atoms with van der Waals surface area (Å²) < 4.78 is 16.4. The van der Waals surface area contributed by atoms with Crippen molar-refractivity contribution < 1.29 is 24.1 Å². The maximum Gasteiger partial charge on any atom is 0.227 e. The van der Waals surface area contributed by atoms with Crippen LogP contribution < -0.4 is 19.5 Å². The normalized spacial score (nSPS) is 21.8. The van der Waals surface area contributed by atoms with E-state index < -0.39 is 5.60 Å². The van der Waals surface area contributed by atoms with Gasteiger partial charge in [-0.05, 0) is 68.4 Å². The van der Waals surface area contributed by atoms with Crippen LogP contribution in [0.2, 0.25) is 0 Å². The Hall–Kier alpha value is -3.39. The Labute approximate surface area is 198 Å². The highest BCUT2D eigenvalue weighted by Gasteiger charge is 2.35. The van der Waals surface area contributed by atoms with Crippen LogP contribution in [-0.2, 0) is 11.2 Å². The molecule has 1 saturated carbocycles. The van der Waals surface area contributed by atoms with Crippen LogP contribution in [0.1, 0.15) is 37.7 Å². The van der Waals surface area contributed by atoms with E-state index in [9.17, 15) is 9.90 Å². The molecule has 0 spiro atoms. The van der Waals surface area contributed by atoms with Crippen LogP contribution in [0, 0.1) is 5.92 Å². The SMILES string of the molecule is COc1ccc2nccc(CCC3(O)CCC(C(=O)Nc4ccc5c(c4)OCCO5)CC3)c2n1. The van der Waals surface area contributed by atoms with Crippen molar-refractivity contribution in [1.82, 2.24) is 9.97 Å². The van der Waals surface area contributed by atoms with E-state index in [2.05, 4.69) is 15.3 Å². The topological polar surface area (TPSA) is 103 Å². The van der Waals surface area contributed by atoms with E-state index in [4.69, 9.17) is 14.2 Å². The molecule has 0 atom stereocenters. The summed E-state index contributed by atoms with van der Waals surface area (Å²) >= 11 is 0. The first-order valence-electron chi connectivity index (χ1n) is 11.7. The summed E-state index contributed by atoms with van der Waals surface area (Å²) in [5.74, 6) is 1.75. The smallest absolute Gasteiger partial charge is 0.227 e. The third-order valence-corrected chi connectivity index (χ3v) is 6.81. The van der Waals surface area contributed by atoms with Crippen molar-refractivity contribution in [2.75, 3.05) is 25.6 Å². The van der Waals surface area contributed by atoms with Crippen molar-refractivity contribution in [3.63, 3.8) is 0 Å². The fraction of sp³-hybridized carbons (Fsp3) is 0.423. The molecule has 3 heterocycles. The number of hydrogen-bond donors (Lipinski definition) is 2. The average Bonchev–Trinajstić information content (AvgIpc) is 2.87. The lowest BCUT2D eigenvalue weighted by Crippen LogP contribution is -2.38. The minimum atomic E-state index is -0.789. The van der Waals surface area contributed by atoms with Gasteiger partial charge in [-0.25, -0.2) is 4.98 Å². The summed E-state index contributed by atoms with van der Waals surface area (Å²) in [6, 6.07) is 11.1. The van der Waals surface area contributed by atoms with E-state index >= 15 is 0 Å². The number of anilines is 1. The predicted octanol–water partition coefficient (Wildman–Crippen LogP) is 3.90. The number of hydrogen-bond acceptors (Lipinski definition) is 7. The van der Waals surface area contributed by atoms with Crippen LogP contribution in [0.4, 0.5) is 5.69 Å². The molecule has 1 amide bonds. The third kappa shape index (κ3) is 4.77. The number of carbonyl (C=O) groups excluding carboxylic acids is 1. The summed E-state index contributed by atoms with van der Waals surface area (Å²) in [5, 5.41) is 14.2. The number of aryl methyl sites for hydroxylation is 1. The van der Waals surface area contributed by atoms with Crippen molar-refractivity contribution in [3.05, 3.63) is 48.2 Å². The average molecular weight is 464 g/mol. The summed E-state index contributed by atoms with van der Waals surface area (Å²) in [6.07, 6.45) is 5.55. The zero-order valence-corrected chi connectivity index (χ0v) is 19.3. The van der Waals surface area contributed by atoms with Gasteiger partial charge in [-0.15, -0.1) is 0 Å². The lowest BCUT2D eigenvalue weighted by molar-refractivity contribution is -0.122. The highest BCUT2D eigenvalue weighted by atomic mass is 16.6. The molecule has 5 rings (SSSR count). The molecule has 2 aliphatic rings.